The molecule has 1 fully saturated rings. The number of urea groups is 1. The fourth-order valence-electron chi connectivity index (χ4n) is 3.96. The van der Waals surface area contributed by atoms with Gasteiger partial charge in [-0.25, -0.2) is 9.18 Å². The number of piperazine rings is 1. The maximum atomic E-state index is 13.5. The lowest BCUT2D eigenvalue weighted by molar-refractivity contribution is -0.116. The van der Waals surface area contributed by atoms with Gasteiger partial charge in [0.15, 0.2) is 0 Å². The quantitative estimate of drug-likeness (QED) is 0.566. The van der Waals surface area contributed by atoms with E-state index in [-0.39, 0.29) is 24.4 Å². The van der Waals surface area contributed by atoms with Gasteiger partial charge < -0.3 is 30.1 Å². The molecule has 2 aromatic carbocycles. The van der Waals surface area contributed by atoms with Gasteiger partial charge in [-0.1, -0.05) is 6.07 Å². The highest BCUT2D eigenvalue weighted by Gasteiger charge is 2.24. The molecule has 9 nitrogen and oxygen atoms in total. The standard InChI is InChI=1S/C27H36FN5O4/c1-27(2,3)30-26(36)33(16-17-37-4)19-24(34)29-22-8-10-23(11-9-22)31-12-14-32(15-13-31)25(35)20-6-5-7-21(28)18-20/h5-11,18H,12-17,19H2,1-4H3,(H,29,34)(H,30,36). The zero-order valence-electron chi connectivity index (χ0n) is 21.9. The first kappa shape index (κ1) is 27.9. The van der Waals surface area contributed by atoms with Crippen LogP contribution < -0.4 is 15.5 Å². The second-order valence-corrected chi connectivity index (χ2v) is 9.98. The average Bonchev–Trinajstić information content (AvgIpc) is 2.85. The zero-order valence-corrected chi connectivity index (χ0v) is 21.9. The molecule has 0 bridgehead atoms. The monoisotopic (exact) mass is 513 g/mol. The van der Waals surface area contributed by atoms with Crippen molar-refractivity contribution < 1.29 is 23.5 Å². The van der Waals surface area contributed by atoms with Crippen molar-refractivity contribution in [1.82, 2.24) is 15.1 Å². The van der Waals surface area contributed by atoms with E-state index >= 15 is 0 Å². The summed E-state index contributed by atoms with van der Waals surface area (Å²) < 4.78 is 18.5. The molecule has 2 N–H and O–H groups in total. The Kier molecular flexibility index (Phi) is 9.46. The number of carbonyl (C=O) groups is 3. The molecule has 0 unspecified atom stereocenters. The van der Waals surface area contributed by atoms with E-state index in [4.69, 9.17) is 4.74 Å². The van der Waals surface area contributed by atoms with Crippen LogP contribution in [0.15, 0.2) is 48.5 Å². The summed E-state index contributed by atoms with van der Waals surface area (Å²) >= 11 is 0. The van der Waals surface area contributed by atoms with E-state index in [9.17, 15) is 18.8 Å². The van der Waals surface area contributed by atoms with Crippen molar-refractivity contribution in [1.29, 1.82) is 0 Å². The Morgan fingerprint density at radius 2 is 1.70 bits per heavy atom. The third kappa shape index (κ3) is 8.45. The first-order chi connectivity index (χ1) is 17.6. The third-order valence-electron chi connectivity index (χ3n) is 5.82. The molecule has 0 saturated carbocycles. The number of hydrogen-bond donors (Lipinski definition) is 2. The molecule has 2 aromatic rings. The fraction of sp³-hybridized carbons (Fsp3) is 0.444. The topological polar surface area (TPSA) is 94.2 Å². The van der Waals surface area contributed by atoms with Crippen LogP contribution in [0.2, 0.25) is 0 Å². The van der Waals surface area contributed by atoms with E-state index < -0.39 is 11.4 Å². The van der Waals surface area contributed by atoms with Crippen molar-refractivity contribution in [3.05, 3.63) is 59.9 Å². The molecule has 10 heteroatoms. The highest BCUT2D eigenvalue weighted by Crippen LogP contribution is 2.20. The second kappa shape index (κ2) is 12.5. The lowest BCUT2D eigenvalue weighted by atomic mass is 10.1. The van der Waals surface area contributed by atoms with Crippen LogP contribution in [0, 0.1) is 5.82 Å². The molecule has 0 atom stereocenters. The Morgan fingerprint density at radius 3 is 2.30 bits per heavy atom. The number of carbonyl (C=O) groups excluding carboxylic acids is 3. The fourth-order valence-corrected chi connectivity index (χ4v) is 3.96. The molecule has 1 saturated heterocycles. The molecule has 0 radical (unpaired) electrons. The van der Waals surface area contributed by atoms with Crippen LogP contribution in [0.25, 0.3) is 0 Å². The molecule has 0 aliphatic carbocycles. The first-order valence-corrected chi connectivity index (χ1v) is 12.3. The molecule has 3 rings (SSSR count). The summed E-state index contributed by atoms with van der Waals surface area (Å²) in [5.41, 5.74) is 1.52. The van der Waals surface area contributed by atoms with Gasteiger partial charge in [-0.2, -0.15) is 0 Å². The normalized spacial score (nSPS) is 13.8. The van der Waals surface area contributed by atoms with Gasteiger partial charge in [0.05, 0.1) is 6.61 Å². The summed E-state index contributed by atoms with van der Waals surface area (Å²) in [5, 5.41) is 5.71. The predicted molar refractivity (Wildman–Crippen MR) is 141 cm³/mol. The van der Waals surface area contributed by atoms with Crippen LogP contribution in [0.1, 0.15) is 31.1 Å². The first-order valence-electron chi connectivity index (χ1n) is 12.3. The minimum Gasteiger partial charge on any atom is -0.383 e. The predicted octanol–water partition coefficient (Wildman–Crippen LogP) is 3.18. The maximum absolute atomic E-state index is 13.5. The molecule has 1 aliphatic heterocycles. The summed E-state index contributed by atoms with van der Waals surface area (Å²) in [5.74, 6) is -0.905. The van der Waals surface area contributed by atoms with Crippen LogP contribution in [-0.4, -0.2) is 86.2 Å². The second-order valence-electron chi connectivity index (χ2n) is 9.98. The van der Waals surface area contributed by atoms with Gasteiger partial charge in [0.25, 0.3) is 5.91 Å². The van der Waals surface area contributed by atoms with E-state index in [1.807, 2.05) is 45.0 Å². The number of ether oxygens (including phenoxy) is 1. The highest BCUT2D eigenvalue weighted by molar-refractivity contribution is 5.95. The lowest BCUT2D eigenvalue weighted by Gasteiger charge is -2.36. The van der Waals surface area contributed by atoms with Gasteiger partial charge in [-0.3, -0.25) is 9.59 Å². The van der Waals surface area contributed by atoms with Gasteiger partial charge in [-0.15, -0.1) is 0 Å². The van der Waals surface area contributed by atoms with Gasteiger partial charge in [-0.05, 0) is 63.2 Å². The van der Waals surface area contributed by atoms with Crippen molar-refractivity contribution in [3.8, 4) is 0 Å². The number of anilines is 2. The van der Waals surface area contributed by atoms with Gasteiger partial charge >= 0.3 is 6.03 Å². The van der Waals surface area contributed by atoms with Crippen molar-refractivity contribution in [3.63, 3.8) is 0 Å². The number of amides is 4. The Morgan fingerprint density at radius 1 is 1.03 bits per heavy atom. The smallest absolute Gasteiger partial charge is 0.318 e. The molecule has 0 aromatic heterocycles. The van der Waals surface area contributed by atoms with E-state index in [0.717, 1.165) is 5.69 Å². The maximum Gasteiger partial charge on any atom is 0.318 e. The third-order valence-corrected chi connectivity index (χ3v) is 5.82. The SMILES string of the molecule is COCCN(CC(=O)Nc1ccc(N2CCN(C(=O)c3cccc(F)c3)CC2)cc1)C(=O)NC(C)(C)C. The zero-order chi connectivity index (χ0) is 27.0. The molecule has 37 heavy (non-hydrogen) atoms. The van der Waals surface area contributed by atoms with Crippen LogP contribution in [-0.2, 0) is 9.53 Å². The molecule has 0 spiro atoms. The number of methoxy groups -OCH3 is 1. The number of benzene rings is 2. The Hall–Kier alpha value is -3.66. The van der Waals surface area contributed by atoms with Gasteiger partial charge in [0, 0.05) is 62.3 Å². The van der Waals surface area contributed by atoms with E-state index in [1.165, 1.54) is 23.1 Å². The number of nitrogens with one attached hydrogen (secondary N) is 2. The van der Waals surface area contributed by atoms with Crippen LogP contribution in [0.4, 0.5) is 20.6 Å². The molecule has 1 heterocycles. The van der Waals surface area contributed by atoms with Gasteiger partial charge in [0.1, 0.15) is 12.4 Å². The summed E-state index contributed by atoms with van der Waals surface area (Å²) in [7, 11) is 1.55. The van der Waals surface area contributed by atoms with Crippen molar-refractivity contribution in [2.75, 3.05) is 63.2 Å². The molecule has 200 valence electrons. The van der Waals surface area contributed by atoms with Crippen LogP contribution in [0.3, 0.4) is 0 Å². The molecular weight excluding hydrogens is 477 g/mol. The average molecular weight is 514 g/mol. The summed E-state index contributed by atoms with van der Waals surface area (Å²) in [6.45, 7) is 8.49. The summed E-state index contributed by atoms with van der Waals surface area (Å²) in [6.07, 6.45) is 0. The van der Waals surface area contributed by atoms with E-state index in [1.54, 1.807) is 18.1 Å². The largest absolute Gasteiger partial charge is 0.383 e. The minimum atomic E-state index is -0.424. The Balaban J connectivity index is 1.52. The van der Waals surface area contributed by atoms with Crippen molar-refractivity contribution in [2.45, 2.75) is 26.3 Å². The van der Waals surface area contributed by atoms with Crippen LogP contribution in [0.5, 0.6) is 0 Å². The number of rotatable bonds is 8. The Bertz CT molecular complexity index is 1080. The molecule has 1 aliphatic rings. The summed E-state index contributed by atoms with van der Waals surface area (Å²) in [6, 6.07) is 12.9. The lowest BCUT2D eigenvalue weighted by Crippen LogP contribution is -2.51. The van der Waals surface area contributed by atoms with Gasteiger partial charge in [0.2, 0.25) is 5.91 Å². The van der Waals surface area contributed by atoms with Crippen molar-refractivity contribution >= 4 is 29.2 Å². The minimum absolute atomic E-state index is 0.103. The van der Waals surface area contributed by atoms with E-state index in [0.29, 0.717) is 50.6 Å². The number of halogens is 1. The Labute approximate surface area is 217 Å². The van der Waals surface area contributed by atoms with E-state index in [2.05, 4.69) is 15.5 Å². The highest BCUT2D eigenvalue weighted by atomic mass is 19.1. The van der Waals surface area contributed by atoms with Crippen LogP contribution >= 0.6 is 0 Å². The number of nitrogens with zero attached hydrogens (tertiary/aromatic N) is 3. The molecular formula is C27H36FN5O4. The number of hydrogen-bond acceptors (Lipinski definition) is 5. The summed E-state index contributed by atoms with van der Waals surface area (Å²) in [4.78, 5) is 43.2. The van der Waals surface area contributed by atoms with Crippen molar-refractivity contribution in [2.24, 2.45) is 0 Å². The molecule has 4 amide bonds.